The maximum Gasteiger partial charge on any atom is 0.325 e. The summed E-state index contributed by atoms with van der Waals surface area (Å²) < 4.78 is 28.6. The molecule has 144 valence electrons. The van der Waals surface area contributed by atoms with Gasteiger partial charge in [0.2, 0.25) is 5.82 Å². The van der Waals surface area contributed by atoms with Crippen LogP contribution in [0.25, 0.3) is 11.4 Å². The number of hydrogen-bond acceptors (Lipinski definition) is 7. The minimum atomic E-state index is -0.728. The van der Waals surface area contributed by atoms with Gasteiger partial charge in [0.15, 0.2) is 6.61 Å². The number of halogens is 1. The first kappa shape index (κ1) is 19.0. The lowest BCUT2D eigenvalue weighted by atomic mass is 10.2. The summed E-state index contributed by atoms with van der Waals surface area (Å²) in [6.45, 7) is -0.676. The number of nitrogens with zero attached hydrogens (tertiary/aromatic N) is 2. The molecule has 0 aliphatic rings. The van der Waals surface area contributed by atoms with E-state index in [1.165, 1.54) is 18.2 Å². The predicted octanol–water partition coefficient (Wildman–Crippen LogP) is 2.36. The Morgan fingerprint density at radius 1 is 1.14 bits per heavy atom. The third-order valence-corrected chi connectivity index (χ3v) is 3.68. The predicted molar refractivity (Wildman–Crippen MR) is 94.8 cm³/mol. The zero-order valence-electron chi connectivity index (χ0n) is 14.8. The Balaban J connectivity index is 1.49. The first-order valence-corrected chi connectivity index (χ1v) is 8.22. The van der Waals surface area contributed by atoms with Crippen LogP contribution in [-0.4, -0.2) is 35.7 Å². The van der Waals surface area contributed by atoms with Crippen molar-refractivity contribution >= 4 is 11.9 Å². The van der Waals surface area contributed by atoms with Gasteiger partial charge in [-0.05, 0) is 36.4 Å². The molecule has 1 N–H and O–H groups in total. The maximum absolute atomic E-state index is 13.5. The van der Waals surface area contributed by atoms with Crippen LogP contribution in [0.3, 0.4) is 0 Å². The highest BCUT2D eigenvalue weighted by molar-refractivity contribution is 5.96. The van der Waals surface area contributed by atoms with Crippen molar-refractivity contribution in [2.45, 2.75) is 6.61 Å². The van der Waals surface area contributed by atoms with Gasteiger partial charge in [-0.3, -0.25) is 9.59 Å². The number of benzene rings is 2. The first-order chi connectivity index (χ1) is 13.6. The van der Waals surface area contributed by atoms with Crippen molar-refractivity contribution in [3.05, 3.63) is 65.8 Å². The van der Waals surface area contributed by atoms with Crippen molar-refractivity contribution in [1.82, 2.24) is 15.5 Å². The third kappa shape index (κ3) is 4.70. The number of ether oxygens (including phenoxy) is 2. The zero-order chi connectivity index (χ0) is 19.9. The average molecular weight is 385 g/mol. The fourth-order valence-corrected chi connectivity index (χ4v) is 2.26. The molecular weight excluding hydrogens is 369 g/mol. The number of hydrogen-bond donors (Lipinski definition) is 1. The van der Waals surface area contributed by atoms with E-state index in [-0.39, 0.29) is 18.1 Å². The molecule has 3 aromatic rings. The van der Waals surface area contributed by atoms with Gasteiger partial charge in [-0.2, -0.15) is 4.98 Å². The van der Waals surface area contributed by atoms with Crippen molar-refractivity contribution in [3.63, 3.8) is 0 Å². The second-order valence-corrected chi connectivity index (χ2v) is 5.56. The molecule has 2 aromatic carbocycles. The van der Waals surface area contributed by atoms with E-state index in [4.69, 9.17) is 14.0 Å². The standard InChI is InChI=1S/C19H16FN3O5/c1-26-13-8-6-12(7-9-13)18-22-16(28-23-18)11-27-17(24)10-21-19(25)14-4-2-3-5-15(14)20/h2-9H,10-11H2,1H3,(H,21,25). The van der Waals surface area contributed by atoms with Crippen molar-refractivity contribution in [1.29, 1.82) is 0 Å². The fraction of sp³-hybridized carbons (Fsp3) is 0.158. The van der Waals surface area contributed by atoms with Crippen LogP contribution in [0.5, 0.6) is 5.75 Å². The summed E-state index contributed by atoms with van der Waals surface area (Å²) in [7, 11) is 1.56. The minimum Gasteiger partial charge on any atom is -0.497 e. The zero-order valence-corrected chi connectivity index (χ0v) is 14.8. The largest absolute Gasteiger partial charge is 0.497 e. The Kier molecular flexibility index (Phi) is 5.95. The third-order valence-electron chi connectivity index (χ3n) is 3.68. The minimum absolute atomic E-state index is 0.0969. The molecule has 1 amide bonds. The van der Waals surface area contributed by atoms with E-state index in [2.05, 4.69) is 15.5 Å². The number of methoxy groups -OCH3 is 1. The van der Waals surface area contributed by atoms with Crippen molar-refractivity contribution in [3.8, 4) is 17.1 Å². The Morgan fingerprint density at radius 2 is 1.89 bits per heavy atom. The topological polar surface area (TPSA) is 104 Å². The monoisotopic (exact) mass is 385 g/mol. The Bertz CT molecular complexity index is 972. The molecule has 0 bridgehead atoms. The molecule has 0 atom stereocenters. The van der Waals surface area contributed by atoms with E-state index in [9.17, 15) is 14.0 Å². The number of carbonyl (C=O) groups is 2. The summed E-state index contributed by atoms with van der Waals surface area (Å²) in [6, 6.07) is 12.5. The summed E-state index contributed by atoms with van der Waals surface area (Å²) in [5.74, 6) is -0.992. The van der Waals surface area contributed by atoms with E-state index in [0.717, 1.165) is 6.07 Å². The molecule has 0 unspecified atom stereocenters. The summed E-state index contributed by atoms with van der Waals surface area (Å²) >= 11 is 0. The molecule has 0 radical (unpaired) electrons. The molecule has 0 aliphatic carbocycles. The van der Waals surface area contributed by atoms with Gasteiger partial charge in [-0.25, -0.2) is 4.39 Å². The van der Waals surface area contributed by atoms with Crippen molar-refractivity contribution in [2.24, 2.45) is 0 Å². The Labute approximate surface area is 159 Å². The van der Waals surface area contributed by atoms with E-state index in [1.807, 2.05) is 0 Å². The van der Waals surface area contributed by atoms with Gasteiger partial charge in [-0.1, -0.05) is 17.3 Å². The van der Waals surface area contributed by atoms with E-state index < -0.39 is 24.2 Å². The van der Waals surface area contributed by atoms with Gasteiger partial charge in [0.05, 0.1) is 12.7 Å². The highest BCUT2D eigenvalue weighted by atomic mass is 19.1. The van der Waals surface area contributed by atoms with Gasteiger partial charge in [0.1, 0.15) is 18.1 Å². The van der Waals surface area contributed by atoms with Gasteiger partial charge in [0, 0.05) is 5.56 Å². The van der Waals surface area contributed by atoms with Crippen molar-refractivity contribution in [2.75, 3.05) is 13.7 Å². The van der Waals surface area contributed by atoms with Gasteiger partial charge in [0.25, 0.3) is 11.8 Å². The van der Waals surface area contributed by atoms with Gasteiger partial charge in [-0.15, -0.1) is 0 Å². The SMILES string of the molecule is COc1ccc(-c2noc(COC(=O)CNC(=O)c3ccccc3F)n2)cc1. The molecule has 3 rings (SSSR count). The van der Waals surface area contributed by atoms with E-state index >= 15 is 0 Å². The Morgan fingerprint density at radius 3 is 2.61 bits per heavy atom. The summed E-state index contributed by atoms with van der Waals surface area (Å²) in [6.07, 6.45) is 0. The summed E-state index contributed by atoms with van der Waals surface area (Å²) in [5.41, 5.74) is 0.551. The summed E-state index contributed by atoms with van der Waals surface area (Å²) in [5, 5.41) is 6.10. The van der Waals surface area contributed by atoms with Crippen LogP contribution in [-0.2, 0) is 16.1 Å². The van der Waals surface area contributed by atoms with Crippen LogP contribution in [0.1, 0.15) is 16.2 Å². The van der Waals surface area contributed by atoms with E-state index in [1.54, 1.807) is 31.4 Å². The second kappa shape index (κ2) is 8.76. The molecule has 0 spiro atoms. The van der Waals surface area contributed by atoms with Crippen LogP contribution >= 0.6 is 0 Å². The van der Waals surface area contributed by atoms with Crippen LogP contribution < -0.4 is 10.1 Å². The van der Waals surface area contributed by atoms with E-state index in [0.29, 0.717) is 17.1 Å². The molecule has 0 saturated carbocycles. The molecule has 0 fully saturated rings. The molecular formula is C19H16FN3O5. The van der Waals surface area contributed by atoms with Crippen LogP contribution in [0.15, 0.2) is 53.1 Å². The van der Waals surface area contributed by atoms with Gasteiger partial charge >= 0.3 is 5.97 Å². The highest BCUT2D eigenvalue weighted by Crippen LogP contribution is 2.19. The molecule has 0 saturated heterocycles. The van der Waals surface area contributed by atoms with Crippen LogP contribution in [0.2, 0.25) is 0 Å². The lowest BCUT2D eigenvalue weighted by molar-refractivity contribution is -0.144. The van der Waals surface area contributed by atoms with Gasteiger partial charge < -0.3 is 19.3 Å². The Hall–Kier alpha value is -3.75. The lowest BCUT2D eigenvalue weighted by Gasteiger charge is -2.05. The van der Waals surface area contributed by atoms with Crippen LogP contribution in [0, 0.1) is 5.82 Å². The molecule has 8 nitrogen and oxygen atoms in total. The molecule has 1 aromatic heterocycles. The first-order valence-electron chi connectivity index (χ1n) is 8.22. The number of amides is 1. The lowest BCUT2D eigenvalue weighted by Crippen LogP contribution is -2.31. The average Bonchev–Trinajstić information content (AvgIpc) is 3.20. The number of aromatic nitrogens is 2. The fourth-order valence-electron chi connectivity index (χ4n) is 2.26. The number of nitrogens with one attached hydrogen (secondary N) is 1. The molecule has 1 heterocycles. The number of carbonyl (C=O) groups excluding carboxylic acids is 2. The molecule has 28 heavy (non-hydrogen) atoms. The second-order valence-electron chi connectivity index (χ2n) is 5.56. The maximum atomic E-state index is 13.5. The summed E-state index contributed by atoms with van der Waals surface area (Å²) in [4.78, 5) is 27.7. The van der Waals surface area contributed by atoms with Crippen LogP contribution in [0.4, 0.5) is 4.39 Å². The number of esters is 1. The smallest absolute Gasteiger partial charge is 0.325 e. The van der Waals surface area contributed by atoms with Crippen molar-refractivity contribution < 1.29 is 28.0 Å². The number of rotatable bonds is 7. The molecule has 9 heteroatoms. The highest BCUT2D eigenvalue weighted by Gasteiger charge is 2.14. The normalized spacial score (nSPS) is 10.4. The quantitative estimate of drug-likeness (QED) is 0.623. The molecule has 0 aliphatic heterocycles.